The van der Waals surface area contributed by atoms with E-state index < -0.39 is 0 Å². The lowest BCUT2D eigenvalue weighted by molar-refractivity contribution is -0.132. The van der Waals surface area contributed by atoms with Crippen molar-refractivity contribution >= 4 is 5.91 Å². The Hall–Kier alpha value is -3.21. The fourth-order valence-electron chi connectivity index (χ4n) is 4.24. The van der Waals surface area contributed by atoms with Crippen molar-refractivity contribution in [3.8, 4) is 5.75 Å². The third-order valence-corrected chi connectivity index (χ3v) is 5.85. The number of likely N-dealkylation sites (tertiary alicyclic amines) is 1. The van der Waals surface area contributed by atoms with E-state index in [4.69, 9.17) is 9.72 Å². The molecular weight excluding hydrogens is 391 g/mol. The number of benzene rings is 2. The SMILES string of the molecule is COc1ccccc1Cc1cccc(C2CCCN2C(=O)CCc2ccc(F)cc2)n1. The van der Waals surface area contributed by atoms with E-state index in [1.54, 1.807) is 19.2 Å². The monoisotopic (exact) mass is 418 g/mol. The first-order valence-electron chi connectivity index (χ1n) is 10.8. The molecule has 0 aliphatic carbocycles. The molecule has 1 fully saturated rings. The smallest absolute Gasteiger partial charge is 0.223 e. The Morgan fingerprint density at radius 2 is 1.90 bits per heavy atom. The number of amides is 1. The summed E-state index contributed by atoms with van der Waals surface area (Å²) in [5.74, 6) is 0.727. The molecule has 160 valence electrons. The molecule has 5 heteroatoms. The van der Waals surface area contributed by atoms with Gasteiger partial charge in [0.1, 0.15) is 11.6 Å². The number of ether oxygens (including phenoxy) is 1. The molecule has 0 N–H and O–H groups in total. The summed E-state index contributed by atoms with van der Waals surface area (Å²) in [6.45, 7) is 0.755. The maximum atomic E-state index is 13.1. The van der Waals surface area contributed by atoms with Gasteiger partial charge in [0, 0.05) is 30.6 Å². The summed E-state index contributed by atoms with van der Waals surface area (Å²) in [5.41, 5.74) is 3.98. The Morgan fingerprint density at radius 3 is 2.71 bits per heavy atom. The highest BCUT2D eigenvalue weighted by Gasteiger charge is 2.30. The summed E-state index contributed by atoms with van der Waals surface area (Å²) in [7, 11) is 1.68. The zero-order chi connectivity index (χ0) is 21.6. The van der Waals surface area contributed by atoms with Gasteiger partial charge < -0.3 is 9.64 Å². The van der Waals surface area contributed by atoms with Crippen molar-refractivity contribution in [3.63, 3.8) is 0 Å². The topological polar surface area (TPSA) is 42.4 Å². The number of para-hydroxylation sites is 1. The molecule has 1 saturated heterocycles. The highest BCUT2D eigenvalue weighted by molar-refractivity contribution is 5.77. The predicted octanol–water partition coefficient (Wildman–Crippen LogP) is 5.12. The lowest BCUT2D eigenvalue weighted by Crippen LogP contribution is -2.31. The standard InChI is InChI=1S/C26H27FN2O2/c1-31-25-10-3-2-6-20(25)18-22-7-4-8-23(28-22)24-9-5-17-29(24)26(30)16-13-19-11-14-21(27)15-12-19/h2-4,6-8,10-12,14-15,24H,5,9,13,16-18H2,1H3. The first-order chi connectivity index (χ1) is 15.1. The van der Waals surface area contributed by atoms with Gasteiger partial charge in [0.25, 0.3) is 0 Å². The Balaban J connectivity index is 1.45. The van der Waals surface area contributed by atoms with Gasteiger partial charge in [-0.1, -0.05) is 36.4 Å². The van der Waals surface area contributed by atoms with E-state index in [2.05, 4.69) is 0 Å². The first-order valence-corrected chi connectivity index (χ1v) is 10.8. The lowest BCUT2D eigenvalue weighted by atomic mass is 10.1. The number of carbonyl (C=O) groups is 1. The van der Waals surface area contributed by atoms with Crippen LogP contribution in [0, 0.1) is 5.82 Å². The van der Waals surface area contributed by atoms with E-state index in [0.717, 1.165) is 47.7 Å². The van der Waals surface area contributed by atoms with Crippen molar-refractivity contribution in [1.29, 1.82) is 0 Å². The van der Waals surface area contributed by atoms with Crippen LogP contribution in [-0.4, -0.2) is 29.4 Å². The molecule has 1 aliphatic heterocycles. The molecule has 0 radical (unpaired) electrons. The number of halogens is 1. The second-order valence-corrected chi connectivity index (χ2v) is 7.91. The van der Waals surface area contributed by atoms with Crippen molar-refractivity contribution in [2.75, 3.05) is 13.7 Å². The largest absolute Gasteiger partial charge is 0.496 e. The quantitative estimate of drug-likeness (QED) is 0.535. The minimum atomic E-state index is -0.256. The van der Waals surface area contributed by atoms with Gasteiger partial charge >= 0.3 is 0 Å². The lowest BCUT2D eigenvalue weighted by Gasteiger charge is -2.25. The van der Waals surface area contributed by atoms with Crippen LogP contribution in [0.3, 0.4) is 0 Å². The van der Waals surface area contributed by atoms with E-state index in [1.807, 2.05) is 47.4 Å². The third-order valence-electron chi connectivity index (χ3n) is 5.85. The van der Waals surface area contributed by atoms with Gasteiger partial charge in [-0.3, -0.25) is 9.78 Å². The fraction of sp³-hybridized carbons (Fsp3) is 0.308. The van der Waals surface area contributed by atoms with E-state index >= 15 is 0 Å². The van der Waals surface area contributed by atoms with Crippen LogP contribution < -0.4 is 4.74 Å². The van der Waals surface area contributed by atoms with Crippen LogP contribution in [0.2, 0.25) is 0 Å². The molecule has 4 rings (SSSR count). The van der Waals surface area contributed by atoms with E-state index in [1.165, 1.54) is 12.1 Å². The van der Waals surface area contributed by atoms with Gasteiger partial charge in [-0.25, -0.2) is 4.39 Å². The van der Waals surface area contributed by atoms with Crippen LogP contribution in [0.4, 0.5) is 4.39 Å². The molecule has 2 heterocycles. The van der Waals surface area contributed by atoms with Crippen LogP contribution in [0.1, 0.15) is 47.8 Å². The number of hydrogen-bond donors (Lipinski definition) is 0. The first kappa shape index (κ1) is 21.0. The molecule has 1 unspecified atom stereocenters. The average Bonchev–Trinajstić information content (AvgIpc) is 3.29. The van der Waals surface area contributed by atoms with Gasteiger partial charge in [-0.2, -0.15) is 0 Å². The van der Waals surface area contributed by atoms with Crippen LogP contribution in [0.25, 0.3) is 0 Å². The van der Waals surface area contributed by atoms with Crippen molar-refractivity contribution in [3.05, 3.63) is 95.1 Å². The summed E-state index contributed by atoms with van der Waals surface area (Å²) >= 11 is 0. The number of nitrogens with zero attached hydrogens (tertiary/aromatic N) is 2. The molecule has 1 aliphatic rings. The number of aromatic nitrogens is 1. The molecule has 0 bridgehead atoms. The van der Waals surface area contributed by atoms with Crippen molar-refractivity contribution in [2.24, 2.45) is 0 Å². The number of hydrogen-bond acceptors (Lipinski definition) is 3. The molecule has 2 aromatic carbocycles. The minimum absolute atomic E-state index is 0.0123. The van der Waals surface area contributed by atoms with Crippen LogP contribution >= 0.6 is 0 Å². The average molecular weight is 419 g/mol. The van der Waals surface area contributed by atoms with Crippen LogP contribution in [-0.2, 0) is 17.6 Å². The second kappa shape index (κ2) is 9.73. The Kier molecular flexibility index (Phi) is 6.60. The molecule has 1 aromatic heterocycles. The zero-order valence-electron chi connectivity index (χ0n) is 17.8. The van der Waals surface area contributed by atoms with Gasteiger partial charge in [0.05, 0.1) is 18.8 Å². The Labute approximate surface area is 182 Å². The fourth-order valence-corrected chi connectivity index (χ4v) is 4.24. The number of aryl methyl sites for hydroxylation is 1. The van der Waals surface area contributed by atoms with Crippen molar-refractivity contribution < 1.29 is 13.9 Å². The molecule has 0 saturated carbocycles. The molecule has 4 nitrogen and oxygen atoms in total. The van der Waals surface area contributed by atoms with Crippen LogP contribution in [0.5, 0.6) is 5.75 Å². The normalized spacial score (nSPS) is 15.8. The maximum absolute atomic E-state index is 13.1. The van der Waals surface area contributed by atoms with Crippen LogP contribution in [0.15, 0.2) is 66.7 Å². The minimum Gasteiger partial charge on any atom is -0.496 e. The maximum Gasteiger partial charge on any atom is 0.223 e. The molecule has 1 atom stereocenters. The van der Waals surface area contributed by atoms with E-state index in [0.29, 0.717) is 19.3 Å². The summed E-state index contributed by atoms with van der Waals surface area (Å²) in [6.07, 6.45) is 3.62. The summed E-state index contributed by atoms with van der Waals surface area (Å²) in [5, 5.41) is 0. The third kappa shape index (κ3) is 5.10. The van der Waals surface area contributed by atoms with Gasteiger partial charge in [0.15, 0.2) is 0 Å². The van der Waals surface area contributed by atoms with Gasteiger partial charge in [-0.05, 0) is 55.2 Å². The predicted molar refractivity (Wildman–Crippen MR) is 118 cm³/mol. The number of rotatable bonds is 7. The number of carbonyl (C=O) groups excluding carboxylic acids is 1. The highest BCUT2D eigenvalue weighted by Crippen LogP contribution is 2.32. The molecule has 3 aromatic rings. The van der Waals surface area contributed by atoms with Crippen molar-refractivity contribution in [2.45, 2.75) is 38.1 Å². The Morgan fingerprint density at radius 1 is 1.10 bits per heavy atom. The molecule has 31 heavy (non-hydrogen) atoms. The van der Waals surface area contributed by atoms with Gasteiger partial charge in [-0.15, -0.1) is 0 Å². The Bertz CT molecular complexity index is 1040. The number of pyridine rings is 1. The summed E-state index contributed by atoms with van der Waals surface area (Å²) in [6, 6.07) is 20.4. The van der Waals surface area contributed by atoms with Crippen molar-refractivity contribution in [1.82, 2.24) is 9.88 Å². The highest BCUT2D eigenvalue weighted by atomic mass is 19.1. The zero-order valence-corrected chi connectivity index (χ0v) is 17.8. The van der Waals surface area contributed by atoms with Gasteiger partial charge in [0.2, 0.25) is 5.91 Å². The second-order valence-electron chi connectivity index (χ2n) is 7.91. The summed E-state index contributed by atoms with van der Waals surface area (Å²) in [4.78, 5) is 19.8. The van der Waals surface area contributed by atoms with E-state index in [9.17, 15) is 9.18 Å². The molecular formula is C26H27FN2O2. The molecule has 1 amide bonds. The van der Waals surface area contributed by atoms with E-state index in [-0.39, 0.29) is 17.8 Å². The summed E-state index contributed by atoms with van der Waals surface area (Å²) < 4.78 is 18.6. The number of methoxy groups -OCH3 is 1. The molecule has 0 spiro atoms.